The van der Waals surface area contributed by atoms with E-state index in [2.05, 4.69) is 25.8 Å². The highest BCUT2D eigenvalue weighted by Gasteiger charge is 2.33. The first-order chi connectivity index (χ1) is 17.0. The van der Waals surface area contributed by atoms with Crippen molar-refractivity contribution in [3.05, 3.63) is 54.0 Å². The Morgan fingerprint density at radius 3 is 2.51 bits per heavy atom. The molecule has 2 aromatic rings. The minimum absolute atomic E-state index is 0.0275. The summed E-state index contributed by atoms with van der Waals surface area (Å²) >= 11 is 1.36. The molecule has 0 bridgehead atoms. The fourth-order valence-electron chi connectivity index (χ4n) is 3.74. The van der Waals surface area contributed by atoms with Gasteiger partial charge in [-0.15, -0.1) is 0 Å². The Hall–Kier alpha value is -3.60. The maximum Gasteiger partial charge on any atom is 0.262 e. The number of piperidine rings is 1. The highest BCUT2D eigenvalue weighted by atomic mass is 32.2. The highest BCUT2D eigenvalue weighted by Crippen LogP contribution is 2.29. The van der Waals surface area contributed by atoms with Gasteiger partial charge < -0.3 is 25.3 Å². The largest absolute Gasteiger partial charge is 0.467 e. The lowest BCUT2D eigenvalue weighted by Gasteiger charge is -2.27. The molecule has 1 fully saturated rings. The Morgan fingerprint density at radius 2 is 1.80 bits per heavy atom. The molecular weight excluding hydrogens is 470 g/mol. The van der Waals surface area contributed by atoms with Gasteiger partial charge in [0.05, 0.1) is 19.4 Å². The van der Waals surface area contributed by atoms with Crippen molar-refractivity contribution < 1.29 is 23.6 Å². The number of nitrogens with zero attached hydrogens (tertiary/aromatic N) is 2. The topological polar surface area (TPSA) is 133 Å². The molecule has 1 aromatic heterocycles. The average molecular weight is 498 g/mol. The van der Waals surface area contributed by atoms with Crippen LogP contribution in [0.4, 0.5) is 5.69 Å². The third-order valence-electron chi connectivity index (χ3n) is 5.61. The molecule has 0 radical (unpaired) electrons. The van der Waals surface area contributed by atoms with Crippen LogP contribution in [0, 0.1) is 0 Å². The van der Waals surface area contributed by atoms with Crippen LogP contribution in [0.2, 0.25) is 0 Å². The maximum atomic E-state index is 12.5. The van der Waals surface area contributed by atoms with Crippen LogP contribution in [-0.4, -0.2) is 58.6 Å². The van der Waals surface area contributed by atoms with Crippen molar-refractivity contribution >= 4 is 46.2 Å². The summed E-state index contributed by atoms with van der Waals surface area (Å²) in [7, 11) is 0. The summed E-state index contributed by atoms with van der Waals surface area (Å²) in [6, 6.07) is 9.77. The number of hydrogen-bond acceptors (Lipinski definition) is 7. The van der Waals surface area contributed by atoms with E-state index in [-0.39, 0.29) is 37.2 Å². The van der Waals surface area contributed by atoms with Crippen molar-refractivity contribution in [2.45, 2.75) is 37.5 Å². The Kier molecular flexibility index (Phi) is 8.19. The predicted molar refractivity (Wildman–Crippen MR) is 132 cm³/mol. The van der Waals surface area contributed by atoms with Gasteiger partial charge >= 0.3 is 0 Å². The summed E-state index contributed by atoms with van der Waals surface area (Å²) in [4.78, 5) is 55.2. The summed E-state index contributed by atoms with van der Waals surface area (Å²) in [5.74, 6) is -0.702. The number of rotatable bonds is 8. The third-order valence-corrected chi connectivity index (χ3v) is 6.82. The van der Waals surface area contributed by atoms with Crippen LogP contribution in [0.5, 0.6) is 0 Å². The lowest BCUT2D eigenvalue weighted by Crippen LogP contribution is -2.36. The van der Waals surface area contributed by atoms with Gasteiger partial charge in [-0.1, -0.05) is 11.8 Å². The number of amidine groups is 1. The molecular formula is C24H27N5O5S. The van der Waals surface area contributed by atoms with Crippen LogP contribution in [0.3, 0.4) is 0 Å². The number of carbonyl (C=O) groups excluding carboxylic acids is 4. The maximum absolute atomic E-state index is 12.5. The first-order valence-corrected chi connectivity index (χ1v) is 12.4. The van der Waals surface area contributed by atoms with E-state index in [9.17, 15) is 19.2 Å². The van der Waals surface area contributed by atoms with Crippen molar-refractivity contribution in [2.75, 3.05) is 25.0 Å². The van der Waals surface area contributed by atoms with E-state index in [0.717, 1.165) is 31.1 Å². The van der Waals surface area contributed by atoms with E-state index >= 15 is 0 Å². The zero-order chi connectivity index (χ0) is 24.6. The van der Waals surface area contributed by atoms with Crippen molar-refractivity contribution in [2.24, 2.45) is 4.99 Å². The predicted octanol–water partition coefficient (Wildman–Crippen LogP) is 2.14. The molecule has 3 N–H and O–H groups in total. The van der Waals surface area contributed by atoms with Gasteiger partial charge in [0, 0.05) is 30.8 Å². The van der Waals surface area contributed by atoms with Crippen molar-refractivity contribution in [1.29, 1.82) is 0 Å². The molecule has 184 valence electrons. The molecule has 3 heterocycles. The van der Waals surface area contributed by atoms with E-state index in [0.29, 0.717) is 17.0 Å². The Labute approximate surface area is 206 Å². The molecule has 11 heteroatoms. The van der Waals surface area contributed by atoms with E-state index < -0.39 is 11.2 Å². The van der Waals surface area contributed by atoms with E-state index in [1.807, 2.05) is 0 Å². The summed E-state index contributed by atoms with van der Waals surface area (Å²) in [6.07, 6.45) is 4.91. The van der Waals surface area contributed by atoms with Crippen molar-refractivity contribution in [1.82, 2.24) is 15.5 Å². The lowest BCUT2D eigenvalue weighted by atomic mass is 10.1. The quantitative estimate of drug-likeness (QED) is 0.509. The van der Waals surface area contributed by atoms with Gasteiger partial charge in [-0.05, 0) is 55.7 Å². The molecule has 35 heavy (non-hydrogen) atoms. The Bertz CT molecular complexity index is 1090. The minimum atomic E-state index is -0.518. The van der Waals surface area contributed by atoms with Crippen molar-refractivity contribution in [3.8, 4) is 0 Å². The van der Waals surface area contributed by atoms with Crippen LogP contribution in [0.1, 0.15) is 41.8 Å². The number of amides is 4. The van der Waals surface area contributed by atoms with Crippen molar-refractivity contribution in [3.63, 3.8) is 0 Å². The smallest absolute Gasteiger partial charge is 0.262 e. The molecule has 10 nitrogen and oxygen atoms in total. The number of benzene rings is 1. The second-order valence-corrected chi connectivity index (χ2v) is 9.43. The molecule has 4 amide bonds. The van der Waals surface area contributed by atoms with Crippen LogP contribution in [0.25, 0.3) is 0 Å². The number of aliphatic imine (C=N–C) groups is 1. The van der Waals surface area contributed by atoms with Gasteiger partial charge in [0.15, 0.2) is 5.17 Å². The number of anilines is 1. The first-order valence-electron chi connectivity index (χ1n) is 11.5. The summed E-state index contributed by atoms with van der Waals surface area (Å²) in [5, 5.41) is 8.15. The van der Waals surface area contributed by atoms with Gasteiger partial charge in [0.25, 0.3) is 11.8 Å². The van der Waals surface area contributed by atoms with Crippen LogP contribution in [0.15, 0.2) is 52.1 Å². The number of furan rings is 1. The van der Waals surface area contributed by atoms with Crippen LogP contribution in [-0.2, 0) is 20.9 Å². The molecule has 0 aliphatic carbocycles. The molecule has 1 aromatic carbocycles. The average Bonchev–Trinajstić information content (AvgIpc) is 3.52. The zero-order valence-electron chi connectivity index (χ0n) is 19.1. The number of likely N-dealkylation sites (tertiary alicyclic amines) is 1. The molecule has 0 spiro atoms. The van der Waals surface area contributed by atoms with E-state index in [1.54, 1.807) is 36.4 Å². The SMILES string of the molecule is O=C(CNC(=O)c1ccc(NC(=O)CC2SC(N3CCCCC3)=NC2=O)cc1)NCc1ccco1. The van der Waals surface area contributed by atoms with Crippen LogP contribution >= 0.6 is 11.8 Å². The second kappa shape index (κ2) is 11.7. The lowest BCUT2D eigenvalue weighted by molar-refractivity contribution is -0.121. The standard InChI is InChI=1S/C24H27N5O5S/c30-20(13-19-23(33)28-24(35-19)29-10-2-1-3-11-29)27-17-8-6-16(7-9-17)22(32)26-15-21(31)25-14-18-5-4-12-34-18/h4-9,12,19H,1-3,10-11,13-15H2,(H,25,31)(H,26,32)(H,27,30). The fourth-order valence-corrected chi connectivity index (χ4v) is 4.86. The van der Waals surface area contributed by atoms with Gasteiger partial charge in [-0.3, -0.25) is 19.2 Å². The van der Waals surface area contributed by atoms with E-state index in [4.69, 9.17) is 4.42 Å². The van der Waals surface area contributed by atoms with Gasteiger partial charge in [0.1, 0.15) is 11.0 Å². The highest BCUT2D eigenvalue weighted by molar-refractivity contribution is 8.15. The van der Waals surface area contributed by atoms with Gasteiger partial charge in [-0.25, -0.2) is 0 Å². The normalized spacial score (nSPS) is 17.6. The molecule has 0 saturated carbocycles. The summed E-state index contributed by atoms with van der Waals surface area (Å²) in [5.41, 5.74) is 0.860. The third kappa shape index (κ3) is 6.95. The Morgan fingerprint density at radius 1 is 1.03 bits per heavy atom. The number of hydrogen-bond donors (Lipinski definition) is 3. The molecule has 2 aliphatic rings. The summed E-state index contributed by atoms with van der Waals surface area (Å²) < 4.78 is 5.13. The van der Waals surface area contributed by atoms with E-state index in [1.165, 1.54) is 24.4 Å². The molecule has 1 saturated heterocycles. The monoisotopic (exact) mass is 497 g/mol. The molecule has 1 atom stereocenters. The molecule has 4 rings (SSSR count). The zero-order valence-corrected chi connectivity index (χ0v) is 19.9. The molecule has 2 aliphatic heterocycles. The first kappa shape index (κ1) is 24.5. The van der Waals surface area contributed by atoms with Crippen LogP contribution < -0.4 is 16.0 Å². The van der Waals surface area contributed by atoms with Gasteiger partial charge in [-0.2, -0.15) is 4.99 Å². The minimum Gasteiger partial charge on any atom is -0.467 e. The number of nitrogens with one attached hydrogen (secondary N) is 3. The summed E-state index contributed by atoms with van der Waals surface area (Å²) in [6.45, 7) is 1.86. The Balaban J connectivity index is 1.19. The number of carbonyl (C=O) groups is 4. The fraction of sp³-hybridized carbons (Fsp3) is 0.375. The number of thioether (sulfide) groups is 1. The molecule has 1 unspecified atom stereocenters. The van der Waals surface area contributed by atoms with Gasteiger partial charge in [0.2, 0.25) is 11.8 Å². The second-order valence-electron chi connectivity index (χ2n) is 8.26.